The number of hydrogen-bond donors (Lipinski definition) is 1. The van der Waals surface area contributed by atoms with Gasteiger partial charge in [0, 0.05) is 25.7 Å². The fourth-order valence-corrected chi connectivity index (χ4v) is 5.11. The van der Waals surface area contributed by atoms with Gasteiger partial charge in [-0.15, -0.1) is 11.8 Å². The van der Waals surface area contributed by atoms with Crippen molar-refractivity contribution in [3.8, 4) is 5.75 Å². The molecule has 2 aliphatic heterocycles. The van der Waals surface area contributed by atoms with Gasteiger partial charge in [-0.2, -0.15) is 0 Å². The maximum atomic E-state index is 12.8. The lowest BCUT2D eigenvalue weighted by Gasteiger charge is -2.35. The Morgan fingerprint density at radius 1 is 1.25 bits per heavy atom. The highest BCUT2D eigenvalue weighted by Gasteiger charge is 2.40. The van der Waals surface area contributed by atoms with E-state index in [1.807, 2.05) is 54.8 Å². The number of nitrogens with one attached hydrogen (secondary N) is 1. The third-order valence-corrected chi connectivity index (χ3v) is 6.81. The van der Waals surface area contributed by atoms with E-state index < -0.39 is 0 Å². The molecule has 2 saturated heterocycles. The second-order valence-electron chi connectivity index (χ2n) is 7.93. The van der Waals surface area contributed by atoms with Gasteiger partial charge in [0.25, 0.3) is 0 Å². The normalized spacial score (nSPS) is 23.4. The van der Waals surface area contributed by atoms with Crippen LogP contribution < -0.4 is 10.1 Å². The lowest BCUT2D eigenvalue weighted by atomic mass is 9.96. The maximum absolute atomic E-state index is 12.8. The molecule has 2 atom stereocenters. The monoisotopic (exact) mass is 405 g/mol. The molecular formula is C21H31N3O3S. The van der Waals surface area contributed by atoms with Crippen LogP contribution in [0.5, 0.6) is 5.75 Å². The number of thioether (sulfide) groups is 1. The highest BCUT2D eigenvalue weighted by Crippen LogP contribution is 2.44. The number of carbonyl (C=O) groups excluding carboxylic acids is 2. The summed E-state index contributed by atoms with van der Waals surface area (Å²) in [4.78, 5) is 28.9. The van der Waals surface area contributed by atoms with Gasteiger partial charge >= 0.3 is 6.03 Å². The minimum Gasteiger partial charge on any atom is -0.497 e. The van der Waals surface area contributed by atoms with Crippen molar-refractivity contribution < 1.29 is 14.3 Å². The molecule has 0 spiro atoms. The third kappa shape index (κ3) is 4.74. The Balaban J connectivity index is 1.61. The van der Waals surface area contributed by atoms with E-state index in [1.54, 1.807) is 18.9 Å². The molecule has 0 bridgehead atoms. The second-order valence-corrected chi connectivity index (χ2v) is 9.35. The Morgan fingerprint density at radius 2 is 1.89 bits per heavy atom. The molecule has 2 heterocycles. The summed E-state index contributed by atoms with van der Waals surface area (Å²) in [6.07, 6.45) is 1.87. The van der Waals surface area contributed by atoms with Gasteiger partial charge in [-0.1, -0.05) is 12.1 Å². The Kier molecular flexibility index (Phi) is 6.75. The Bertz CT molecular complexity index is 687. The van der Waals surface area contributed by atoms with Crippen molar-refractivity contribution in [1.82, 2.24) is 15.1 Å². The van der Waals surface area contributed by atoms with Crippen molar-refractivity contribution in [2.24, 2.45) is 5.92 Å². The summed E-state index contributed by atoms with van der Waals surface area (Å²) in [5.41, 5.74) is 1.14. The molecule has 1 aromatic carbocycles. The lowest BCUT2D eigenvalue weighted by Crippen LogP contribution is -2.48. The smallest absolute Gasteiger partial charge is 0.317 e. The van der Waals surface area contributed by atoms with Crippen molar-refractivity contribution in [3.05, 3.63) is 29.8 Å². The van der Waals surface area contributed by atoms with Crippen molar-refractivity contribution in [2.45, 2.75) is 50.3 Å². The van der Waals surface area contributed by atoms with E-state index in [2.05, 4.69) is 5.32 Å². The summed E-state index contributed by atoms with van der Waals surface area (Å²) < 4.78 is 5.25. The van der Waals surface area contributed by atoms with E-state index in [-0.39, 0.29) is 28.6 Å². The van der Waals surface area contributed by atoms with Crippen LogP contribution in [0.4, 0.5) is 4.79 Å². The SMILES string of the molecule is COc1ccc(C2SC(C)C(=O)N2CC2CCN(C(=O)NC(C)C)CC2)cc1. The Morgan fingerprint density at radius 3 is 2.46 bits per heavy atom. The first-order chi connectivity index (χ1) is 13.4. The Labute approximate surface area is 172 Å². The first-order valence-corrected chi connectivity index (χ1v) is 11.0. The van der Waals surface area contributed by atoms with Gasteiger partial charge in [0.05, 0.1) is 12.4 Å². The quantitative estimate of drug-likeness (QED) is 0.815. The molecule has 3 amide bonds. The molecule has 1 N–H and O–H groups in total. The summed E-state index contributed by atoms with van der Waals surface area (Å²) in [6.45, 7) is 8.20. The van der Waals surface area contributed by atoms with E-state index in [0.29, 0.717) is 5.92 Å². The average molecular weight is 406 g/mol. The van der Waals surface area contributed by atoms with Crippen LogP contribution in [0, 0.1) is 5.92 Å². The minimum absolute atomic E-state index is 0.0194. The van der Waals surface area contributed by atoms with Crippen molar-refractivity contribution in [1.29, 1.82) is 0 Å². The molecule has 154 valence electrons. The number of hydrogen-bond acceptors (Lipinski definition) is 4. The predicted octanol–water partition coefficient (Wildman–Crippen LogP) is 3.49. The van der Waals surface area contributed by atoms with E-state index in [1.165, 1.54) is 0 Å². The molecule has 2 fully saturated rings. The first kappa shape index (κ1) is 20.8. The molecule has 7 heteroatoms. The van der Waals surface area contributed by atoms with E-state index >= 15 is 0 Å². The van der Waals surface area contributed by atoms with E-state index in [4.69, 9.17) is 4.74 Å². The van der Waals surface area contributed by atoms with Gasteiger partial charge in [-0.05, 0) is 57.2 Å². The largest absolute Gasteiger partial charge is 0.497 e. The number of rotatable bonds is 5. The molecule has 0 radical (unpaired) electrons. The van der Waals surface area contributed by atoms with Gasteiger partial charge in [-0.25, -0.2) is 4.79 Å². The lowest BCUT2D eigenvalue weighted by molar-refractivity contribution is -0.130. The van der Waals surface area contributed by atoms with E-state index in [9.17, 15) is 9.59 Å². The third-order valence-electron chi connectivity index (χ3n) is 5.42. The van der Waals surface area contributed by atoms with Gasteiger partial charge in [0.1, 0.15) is 11.1 Å². The zero-order valence-corrected chi connectivity index (χ0v) is 18.0. The summed E-state index contributed by atoms with van der Waals surface area (Å²) in [6, 6.07) is 8.17. The number of benzene rings is 1. The maximum Gasteiger partial charge on any atom is 0.317 e. The Hall–Kier alpha value is -1.89. The van der Waals surface area contributed by atoms with Gasteiger partial charge in [0.2, 0.25) is 5.91 Å². The van der Waals surface area contributed by atoms with Crippen LogP contribution in [0.25, 0.3) is 0 Å². The van der Waals surface area contributed by atoms with Crippen LogP contribution >= 0.6 is 11.8 Å². The van der Waals surface area contributed by atoms with Crippen LogP contribution in [-0.4, -0.2) is 59.8 Å². The number of nitrogens with zero attached hydrogens (tertiary/aromatic N) is 2. The number of ether oxygens (including phenoxy) is 1. The topological polar surface area (TPSA) is 61.9 Å². The molecule has 6 nitrogen and oxygen atoms in total. The standard InChI is InChI=1S/C21H31N3O3S/c1-14(2)22-21(26)23-11-9-16(10-12-23)13-24-19(25)15(3)28-20(24)17-5-7-18(27-4)8-6-17/h5-8,14-16,20H,9-13H2,1-4H3,(H,22,26). The fraction of sp³-hybridized carbons (Fsp3) is 0.619. The molecule has 2 unspecified atom stereocenters. The number of amides is 3. The summed E-state index contributed by atoms with van der Waals surface area (Å²) in [7, 11) is 1.66. The van der Waals surface area contributed by atoms with E-state index in [0.717, 1.165) is 43.8 Å². The number of methoxy groups -OCH3 is 1. The first-order valence-electron chi connectivity index (χ1n) is 10.0. The summed E-state index contributed by atoms with van der Waals surface area (Å²) >= 11 is 1.71. The van der Waals surface area contributed by atoms with Crippen LogP contribution in [0.2, 0.25) is 0 Å². The van der Waals surface area contributed by atoms with Crippen LogP contribution in [0.15, 0.2) is 24.3 Å². The van der Waals surface area contributed by atoms with Crippen LogP contribution in [0.3, 0.4) is 0 Å². The molecule has 3 rings (SSSR count). The van der Waals surface area contributed by atoms with Crippen molar-refractivity contribution in [2.75, 3.05) is 26.7 Å². The van der Waals surface area contributed by atoms with Crippen molar-refractivity contribution in [3.63, 3.8) is 0 Å². The van der Waals surface area contributed by atoms with Gasteiger partial charge < -0.3 is 19.9 Å². The number of piperidine rings is 1. The summed E-state index contributed by atoms with van der Waals surface area (Å²) in [5.74, 6) is 1.47. The predicted molar refractivity (Wildman–Crippen MR) is 112 cm³/mol. The number of urea groups is 1. The molecule has 28 heavy (non-hydrogen) atoms. The molecule has 0 aliphatic carbocycles. The highest BCUT2D eigenvalue weighted by atomic mass is 32.2. The molecule has 2 aliphatic rings. The summed E-state index contributed by atoms with van der Waals surface area (Å²) in [5, 5.41) is 2.99. The zero-order chi connectivity index (χ0) is 20.3. The van der Waals surface area contributed by atoms with Crippen LogP contribution in [0.1, 0.15) is 44.6 Å². The minimum atomic E-state index is -0.0241. The molecule has 0 saturated carbocycles. The molecule has 1 aromatic rings. The second kappa shape index (κ2) is 9.07. The number of carbonyl (C=O) groups is 2. The zero-order valence-electron chi connectivity index (χ0n) is 17.2. The number of likely N-dealkylation sites (tertiary alicyclic amines) is 1. The van der Waals surface area contributed by atoms with Gasteiger partial charge in [-0.3, -0.25) is 4.79 Å². The average Bonchev–Trinajstić information content (AvgIpc) is 2.96. The molecular weight excluding hydrogens is 374 g/mol. The van der Waals surface area contributed by atoms with Crippen molar-refractivity contribution >= 4 is 23.7 Å². The highest BCUT2D eigenvalue weighted by molar-refractivity contribution is 8.01. The fourth-order valence-electron chi connectivity index (χ4n) is 3.82. The molecule has 0 aromatic heterocycles. The van der Waals surface area contributed by atoms with Gasteiger partial charge in [0.15, 0.2) is 0 Å². The van der Waals surface area contributed by atoms with Crippen LogP contribution in [-0.2, 0) is 4.79 Å².